The van der Waals surface area contributed by atoms with Gasteiger partial charge in [0.2, 0.25) is 5.95 Å². The van der Waals surface area contributed by atoms with Crippen LogP contribution in [0.3, 0.4) is 0 Å². The summed E-state index contributed by atoms with van der Waals surface area (Å²) >= 11 is 0. The van der Waals surface area contributed by atoms with Crippen LogP contribution in [0, 0.1) is 0 Å². The fourth-order valence-electron chi connectivity index (χ4n) is 4.98. The summed E-state index contributed by atoms with van der Waals surface area (Å²) in [6, 6.07) is 6.16. The maximum atomic E-state index is 14.0. The zero-order chi connectivity index (χ0) is 32.0. The number of hydrogen-bond donors (Lipinski definition) is 1. The van der Waals surface area contributed by atoms with E-state index in [4.69, 9.17) is 9.47 Å². The van der Waals surface area contributed by atoms with Gasteiger partial charge in [0.25, 0.3) is 5.56 Å². The van der Waals surface area contributed by atoms with Crippen LogP contribution >= 0.6 is 0 Å². The molecule has 0 saturated carbocycles. The Kier molecular flexibility index (Phi) is 9.71. The van der Waals surface area contributed by atoms with E-state index in [2.05, 4.69) is 30.7 Å². The number of aromatic nitrogens is 7. The number of methoxy groups -OCH3 is 1. The van der Waals surface area contributed by atoms with Gasteiger partial charge >= 0.3 is 6.18 Å². The lowest BCUT2D eigenvalue weighted by atomic mass is 10.1. The molecule has 1 unspecified atom stereocenters. The summed E-state index contributed by atoms with van der Waals surface area (Å²) in [5.41, 5.74) is -1.39. The van der Waals surface area contributed by atoms with Crippen LogP contribution in [0.5, 0.6) is 5.75 Å². The molecule has 1 N–H and O–H groups in total. The Morgan fingerprint density at radius 1 is 1.11 bits per heavy atom. The third-order valence-corrected chi connectivity index (χ3v) is 7.31. The smallest absolute Gasteiger partial charge is 0.423 e. The zero-order valence-electron chi connectivity index (χ0n) is 24.6. The van der Waals surface area contributed by atoms with E-state index >= 15 is 0 Å². The average Bonchev–Trinajstić information content (AvgIpc) is 3.51. The Hall–Kier alpha value is -4.86. The molecule has 1 aromatic carbocycles. The summed E-state index contributed by atoms with van der Waals surface area (Å²) in [7, 11) is 1.50. The molecule has 1 aliphatic heterocycles. The molecule has 4 heterocycles. The summed E-state index contributed by atoms with van der Waals surface area (Å²) in [6.07, 6.45) is 3.18. The number of nitrogens with zero attached hydrogens (tertiary/aromatic N) is 8. The highest BCUT2D eigenvalue weighted by Crippen LogP contribution is 2.32. The standard InChI is InChI=1S/C29H32F3N9O4/c1-19(36-25-13-35-41(27(43)26(25)29(30,31)32)14-20-3-5-24(44-2)6-4-20)17-45-18-22-15-40(38-37-22)23-7-9-39(10-8-23)28-33-11-21(16-42)12-34-28/h3-6,11-13,15-16,19,23,36H,7-10,14,17-18H2,1-2H3. The van der Waals surface area contributed by atoms with Crippen molar-refractivity contribution in [2.24, 2.45) is 0 Å². The maximum Gasteiger partial charge on any atom is 0.423 e. The molecule has 1 fully saturated rings. The Morgan fingerprint density at radius 3 is 2.47 bits per heavy atom. The second-order valence-electron chi connectivity index (χ2n) is 10.6. The van der Waals surface area contributed by atoms with E-state index in [1.165, 1.54) is 19.5 Å². The van der Waals surface area contributed by atoms with Crippen LogP contribution in [0.1, 0.15) is 53.0 Å². The van der Waals surface area contributed by atoms with Crippen molar-refractivity contribution in [2.45, 2.75) is 51.2 Å². The molecule has 16 heteroatoms. The predicted molar refractivity (Wildman–Crippen MR) is 156 cm³/mol. The van der Waals surface area contributed by atoms with Crippen molar-refractivity contribution in [2.75, 3.05) is 37.0 Å². The van der Waals surface area contributed by atoms with Gasteiger partial charge in [-0.3, -0.25) is 9.59 Å². The van der Waals surface area contributed by atoms with E-state index in [9.17, 15) is 22.8 Å². The second-order valence-corrected chi connectivity index (χ2v) is 10.6. The monoisotopic (exact) mass is 627 g/mol. The Labute approximate surface area is 256 Å². The van der Waals surface area contributed by atoms with E-state index in [-0.39, 0.29) is 25.8 Å². The molecule has 45 heavy (non-hydrogen) atoms. The molecular weight excluding hydrogens is 595 g/mol. The summed E-state index contributed by atoms with van der Waals surface area (Å²) < 4.78 is 55.3. The predicted octanol–water partition coefficient (Wildman–Crippen LogP) is 3.37. The maximum absolute atomic E-state index is 14.0. The normalized spacial score (nSPS) is 14.7. The van der Waals surface area contributed by atoms with Gasteiger partial charge in [0.1, 0.15) is 17.0 Å². The Bertz CT molecular complexity index is 1630. The SMILES string of the molecule is COc1ccc(Cn2ncc(NC(C)COCc3cn(C4CCN(c5ncc(C=O)cn5)CC4)nn3)c(C(F)(F)F)c2=O)cc1. The Morgan fingerprint density at radius 2 is 1.82 bits per heavy atom. The van der Waals surface area contributed by atoms with Crippen molar-refractivity contribution in [3.8, 4) is 5.75 Å². The summed E-state index contributed by atoms with van der Waals surface area (Å²) in [5.74, 6) is 1.16. The van der Waals surface area contributed by atoms with E-state index in [0.29, 0.717) is 47.9 Å². The molecule has 13 nitrogen and oxygen atoms in total. The number of alkyl halides is 3. The van der Waals surface area contributed by atoms with Crippen LogP contribution in [-0.2, 0) is 24.1 Å². The van der Waals surface area contributed by atoms with Gasteiger partial charge in [-0.15, -0.1) is 5.10 Å². The third kappa shape index (κ3) is 7.81. The van der Waals surface area contributed by atoms with E-state index in [0.717, 1.165) is 23.7 Å². The molecule has 1 atom stereocenters. The minimum atomic E-state index is -4.90. The molecule has 1 aliphatic rings. The quantitative estimate of drug-likeness (QED) is 0.231. The van der Waals surface area contributed by atoms with Crippen molar-refractivity contribution in [1.82, 2.24) is 34.7 Å². The number of aldehydes is 1. The molecule has 1 saturated heterocycles. The molecule has 238 valence electrons. The summed E-state index contributed by atoms with van der Waals surface area (Å²) in [6.45, 7) is 3.08. The number of ether oxygens (including phenoxy) is 2. The molecule has 5 rings (SSSR count). The molecular formula is C29H32F3N9O4. The van der Waals surface area contributed by atoms with Gasteiger partial charge in [-0.1, -0.05) is 17.3 Å². The molecule has 0 radical (unpaired) electrons. The van der Waals surface area contributed by atoms with Crippen LogP contribution in [0.2, 0.25) is 0 Å². The van der Waals surface area contributed by atoms with E-state index in [1.54, 1.807) is 42.1 Å². The van der Waals surface area contributed by atoms with Crippen LogP contribution < -0.4 is 20.5 Å². The topological polar surface area (TPSA) is 142 Å². The molecule has 0 aliphatic carbocycles. The van der Waals surface area contributed by atoms with Gasteiger partial charge in [-0.25, -0.2) is 19.3 Å². The largest absolute Gasteiger partial charge is 0.497 e. The lowest BCUT2D eigenvalue weighted by Crippen LogP contribution is -2.35. The fourth-order valence-corrected chi connectivity index (χ4v) is 4.98. The molecule has 0 amide bonds. The molecule has 4 aromatic rings. The third-order valence-electron chi connectivity index (χ3n) is 7.31. The first-order valence-corrected chi connectivity index (χ1v) is 14.2. The minimum absolute atomic E-state index is 0.0420. The van der Waals surface area contributed by atoms with Crippen molar-refractivity contribution >= 4 is 17.9 Å². The van der Waals surface area contributed by atoms with Gasteiger partial charge < -0.3 is 19.7 Å². The van der Waals surface area contributed by atoms with Crippen LogP contribution in [0.15, 0.2) is 53.8 Å². The van der Waals surface area contributed by atoms with Crippen LogP contribution in [0.4, 0.5) is 24.8 Å². The van der Waals surface area contributed by atoms with Crippen LogP contribution in [0.25, 0.3) is 0 Å². The first kappa shape index (κ1) is 31.6. The molecule has 0 bridgehead atoms. The van der Waals surface area contributed by atoms with E-state index < -0.39 is 29.0 Å². The van der Waals surface area contributed by atoms with Gasteiger partial charge in [0, 0.05) is 31.5 Å². The highest BCUT2D eigenvalue weighted by molar-refractivity contribution is 5.73. The summed E-state index contributed by atoms with van der Waals surface area (Å²) in [4.78, 5) is 34.2. The number of rotatable bonds is 12. The van der Waals surface area contributed by atoms with Gasteiger partial charge in [-0.05, 0) is 37.5 Å². The Balaban J connectivity index is 1.13. The van der Waals surface area contributed by atoms with Crippen LogP contribution in [-0.4, -0.2) is 73.9 Å². The first-order chi connectivity index (χ1) is 21.6. The van der Waals surface area contributed by atoms with Crippen molar-refractivity contribution in [3.63, 3.8) is 0 Å². The lowest BCUT2D eigenvalue weighted by Gasteiger charge is -2.31. The first-order valence-electron chi connectivity index (χ1n) is 14.2. The number of halogens is 3. The van der Waals surface area contributed by atoms with Crippen molar-refractivity contribution in [3.05, 3.63) is 81.8 Å². The highest BCUT2D eigenvalue weighted by atomic mass is 19.4. The highest BCUT2D eigenvalue weighted by Gasteiger charge is 2.38. The number of hydrogen-bond acceptors (Lipinski definition) is 11. The number of benzene rings is 1. The van der Waals surface area contributed by atoms with Crippen molar-refractivity contribution in [1.29, 1.82) is 0 Å². The van der Waals surface area contributed by atoms with Gasteiger partial charge in [-0.2, -0.15) is 18.3 Å². The van der Waals surface area contributed by atoms with E-state index in [1.807, 2.05) is 4.90 Å². The average molecular weight is 628 g/mol. The van der Waals surface area contributed by atoms with Gasteiger partial charge in [0.05, 0.1) is 56.6 Å². The number of carbonyl (C=O) groups excluding carboxylic acids is 1. The zero-order valence-corrected chi connectivity index (χ0v) is 24.6. The fraction of sp³-hybridized carbons (Fsp3) is 0.414. The van der Waals surface area contributed by atoms with Gasteiger partial charge in [0.15, 0.2) is 6.29 Å². The number of nitrogens with one attached hydrogen (secondary N) is 1. The molecule has 0 spiro atoms. The molecule has 3 aromatic heterocycles. The summed E-state index contributed by atoms with van der Waals surface area (Å²) in [5, 5.41) is 15.1. The number of anilines is 2. The number of carbonyl (C=O) groups is 1. The number of piperidine rings is 1. The minimum Gasteiger partial charge on any atom is -0.497 e. The van der Waals surface area contributed by atoms with Crippen molar-refractivity contribution < 1.29 is 27.4 Å². The second kappa shape index (κ2) is 13.8. The lowest BCUT2D eigenvalue weighted by molar-refractivity contribution is -0.138.